The predicted molar refractivity (Wildman–Crippen MR) is 54.1 cm³/mol. The molecular weight excluding hydrogens is 214 g/mol. The van der Waals surface area contributed by atoms with Crippen LogP contribution >= 0.6 is 0 Å². The molecule has 0 aliphatic carbocycles. The van der Waals surface area contributed by atoms with Gasteiger partial charge in [0.1, 0.15) is 18.9 Å². The van der Waals surface area contributed by atoms with Gasteiger partial charge < -0.3 is 14.3 Å². The van der Waals surface area contributed by atoms with Crippen molar-refractivity contribution in [3.05, 3.63) is 0 Å². The van der Waals surface area contributed by atoms with E-state index in [0.29, 0.717) is 13.0 Å². The number of nitrogens with zero attached hydrogens (tertiary/aromatic N) is 1. The molecule has 0 spiro atoms. The van der Waals surface area contributed by atoms with Gasteiger partial charge in [-0.3, -0.25) is 9.59 Å². The summed E-state index contributed by atoms with van der Waals surface area (Å²) in [6, 6.07) is 0. The van der Waals surface area contributed by atoms with Crippen molar-refractivity contribution < 1.29 is 23.9 Å². The van der Waals surface area contributed by atoms with Crippen molar-refractivity contribution in [3.63, 3.8) is 0 Å². The molecule has 92 valence electrons. The minimum atomic E-state index is -0.498. The number of hydrogen-bond acceptors (Lipinski definition) is 6. The van der Waals surface area contributed by atoms with E-state index in [4.69, 9.17) is 14.3 Å². The Morgan fingerprint density at radius 2 is 2.06 bits per heavy atom. The summed E-state index contributed by atoms with van der Waals surface area (Å²) in [7, 11) is 0. The molecule has 1 fully saturated rings. The first-order chi connectivity index (χ1) is 7.41. The first-order valence-corrected chi connectivity index (χ1v) is 5.12. The zero-order valence-corrected chi connectivity index (χ0v) is 9.82. The smallest absolute Gasteiger partial charge is 0.322 e. The maximum atomic E-state index is 10.7. The molecule has 6 nitrogen and oxygen atoms in total. The lowest BCUT2D eigenvalue weighted by molar-refractivity contribution is -0.259. The summed E-state index contributed by atoms with van der Waals surface area (Å²) in [6.45, 7) is 5.54. The highest BCUT2D eigenvalue weighted by molar-refractivity contribution is 5.66. The quantitative estimate of drug-likeness (QED) is 0.658. The molecule has 0 aromatic carbocycles. The topological polar surface area (TPSA) is 65.1 Å². The molecule has 16 heavy (non-hydrogen) atoms. The number of carbonyl (C=O) groups is 2. The van der Waals surface area contributed by atoms with E-state index in [1.165, 1.54) is 18.9 Å². The summed E-state index contributed by atoms with van der Waals surface area (Å²) in [5.41, 5.74) is -0.498. The van der Waals surface area contributed by atoms with Gasteiger partial charge >= 0.3 is 11.9 Å². The zero-order chi connectivity index (χ0) is 12.2. The Morgan fingerprint density at radius 3 is 2.50 bits per heavy atom. The van der Waals surface area contributed by atoms with E-state index in [9.17, 15) is 9.59 Å². The Morgan fingerprint density at radius 1 is 1.38 bits per heavy atom. The number of carbonyl (C=O) groups excluding carboxylic acids is 2. The fourth-order valence-electron chi connectivity index (χ4n) is 1.35. The summed E-state index contributed by atoms with van der Waals surface area (Å²) < 4.78 is 10.4. The number of rotatable bonds is 3. The molecular formula is C10H17NO5. The third-order valence-corrected chi connectivity index (χ3v) is 2.29. The Balaban J connectivity index is 2.34. The molecule has 0 unspecified atom stereocenters. The lowest BCUT2D eigenvalue weighted by atomic mass is 10.0. The second-order valence-corrected chi connectivity index (χ2v) is 4.04. The lowest BCUT2D eigenvalue weighted by Gasteiger charge is -2.37. The highest BCUT2D eigenvalue weighted by atomic mass is 16.7. The van der Waals surface area contributed by atoms with Crippen molar-refractivity contribution in [1.29, 1.82) is 0 Å². The van der Waals surface area contributed by atoms with Crippen molar-refractivity contribution in [2.45, 2.75) is 32.8 Å². The summed E-state index contributed by atoms with van der Waals surface area (Å²) in [5, 5.41) is 1.44. The average Bonchev–Trinajstić information content (AvgIpc) is 2.19. The number of hydroxylamine groups is 2. The van der Waals surface area contributed by atoms with Crippen LogP contribution < -0.4 is 0 Å². The van der Waals surface area contributed by atoms with E-state index < -0.39 is 5.60 Å². The van der Waals surface area contributed by atoms with Crippen LogP contribution in [0.3, 0.4) is 0 Å². The molecule has 1 aliphatic rings. The normalized spacial score (nSPS) is 26.2. The molecule has 0 N–H and O–H groups in total. The standard InChI is InChI=1S/C10H17NO5/c1-8(12)14-6-10(3)4-5-11(7-15-10)16-9(2)13/h4-7H2,1-3H3/t10-/m1/s1. The second-order valence-electron chi connectivity index (χ2n) is 4.04. The van der Waals surface area contributed by atoms with Gasteiger partial charge in [-0.05, 0) is 13.3 Å². The summed E-state index contributed by atoms with van der Waals surface area (Å²) in [6.07, 6.45) is 0.632. The van der Waals surface area contributed by atoms with Crippen LogP contribution in [-0.2, 0) is 23.9 Å². The van der Waals surface area contributed by atoms with Gasteiger partial charge in [-0.15, -0.1) is 5.06 Å². The molecule has 0 amide bonds. The molecule has 1 atom stereocenters. The van der Waals surface area contributed by atoms with Crippen LogP contribution in [0.15, 0.2) is 0 Å². The van der Waals surface area contributed by atoms with Crippen LogP contribution in [-0.4, -0.2) is 42.5 Å². The maximum absolute atomic E-state index is 10.7. The van der Waals surface area contributed by atoms with Gasteiger partial charge in [-0.1, -0.05) is 0 Å². The van der Waals surface area contributed by atoms with E-state index in [-0.39, 0.29) is 25.3 Å². The van der Waals surface area contributed by atoms with E-state index >= 15 is 0 Å². The number of ether oxygens (including phenoxy) is 2. The predicted octanol–water partition coefficient (Wildman–Crippen LogP) is 0.466. The largest absolute Gasteiger partial charge is 0.463 e. The molecule has 1 aliphatic heterocycles. The van der Waals surface area contributed by atoms with Crippen LogP contribution in [0.2, 0.25) is 0 Å². The number of hydrogen-bond donors (Lipinski definition) is 0. The minimum Gasteiger partial charge on any atom is -0.463 e. The van der Waals surface area contributed by atoms with Crippen molar-refractivity contribution >= 4 is 11.9 Å². The van der Waals surface area contributed by atoms with Gasteiger partial charge in [-0.2, -0.15) is 0 Å². The molecule has 0 radical (unpaired) electrons. The monoisotopic (exact) mass is 231 g/mol. The van der Waals surface area contributed by atoms with Gasteiger partial charge in [0, 0.05) is 20.4 Å². The van der Waals surface area contributed by atoms with Crippen molar-refractivity contribution in [2.24, 2.45) is 0 Å². The summed E-state index contributed by atoms with van der Waals surface area (Å²) in [5.74, 6) is -0.695. The molecule has 1 heterocycles. The Kier molecular flexibility index (Phi) is 4.26. The van der Waals surface area contributed by atoms with Gasteiger partial charge in [0.2, 0.25) is 0 Å². The van der Waals surface area contributed by atoms with E-state index in [0.717, 1.165) is 0 Å². The first kappa shape index (κ1) is 12.9. The fourth-order valence-corrected chi connectivity index (χ4v) is 1.35. The fraction of sp³-hybridized carbons (Fsp3) is 0.800. The van der Waals surface area contributed by atoms with E-state index in [2.05, 4.69) is 0 Å². The molecule has 1 rings (SSSR count). The van der Waals surface area contributed by atoms with Crippen LogP contribution in [0.1, 0.15) is 27.2 Å². The second kappa shape index (κ2) is 5.27. The average molecular weight is 231 g/mol. The summed E-state index contributed by atoms with van der Waals surface area (Å²) in [4.78, 5) is 26.3. The molecule has 6 heteroatoms. The molecule has 0 bridgehead atoms. The molecule has 0 saturated carbocycles. The van der Waals surface area contributed by atoms with Gasteiger partial charge in [-0.25, -0.2) is 0 Å². The molecule has 0 aromatic rings. The Bertz CT molecular complexity index is 270. The third kappa shape index (κ3) is 4.16. The van der Waals surface area contributed by atoms with Crippen LogP contribution in [0.5, 0.6) is 0 Å². The van der Waals surface area contributed by atoms with Crippen LogP contribution in [0.25, 0.3) is 0 Å². The molecule has 0 aromatic heterocycles. The van der Waals surface area contributed by atoms with E-state index in [1.807, 2.05) is 6.92 Å². The maximum Gasteiger partial charge on any atom is 0.322 e. The van der Waals surface area contributed by atoms with Crippen LogP contribution in [0.4, 0.5) is 0 Å². The van der Waals surface area contributed by atoms with E-state index in [1.54, 1.807) is 0 Å². The van der Waals surface area contributed by atoms with Crippen molar-refractivity contribution in [1.82, 2.24) is 5.06 Å². The van der Waals surface area contributed by atoms with Gasteiger partial charge in [0.25, 0.3) is 0 Å². The van der Waals surface area contributed by atoms with Crippen molar-refractivity contribution in [2.75, 3.05) is 19.9 Å². The molecule has 1 saturated heterocycles. The minimum absolute atomic E-state index is 0.192. The summed E-state index contributed by atoms with van der Waals surface area (Å²) >= 11 is 0. The highest BCUT2D eigenvalue weighted by Crippen LogP contribution is 2.22. The van der Waals surface area contributed by atoms with Crippen LogP contribution in [0, 0.1) is 0 Å². The highest BCUT2D eigenvalue weighted by Gasteiger charge is 2.33. The zero-order valence-electron chi connectivity index (χ0n) is 9.82. The Hall–Kier alpha value is -1.14. The Labute approximate surface area is 94.4 Å². The van der Waals surface area contributed by atoms with Crippen molar-refractivity contribution in [3.8, 4) is 0 Å². The van der Waals surface area contributed by atoms with Gasteiger partial charge in [0.05, 0.1) is 0 Å². The lowest BCUT2D eigenvalue weighted by Crippen LogP contribution is -2.48. The third-order valence-electron chi connectivity index (χ3n) is 2.29. The number of esters is 1. The van der Waals surface area contributed by atoms with Gasteiger partial charge in [0.15, 0.2) is 0 Å². The SMILES string of the molecule is CC(=O)OC[C@@]1(C)CCN(OC(C)=O)CO1. The first-order valence-electron chi connectivity index (χ1n) is 5.12.